The number of amides is 1. The average molecular weight is 425 g/mol. The Morgan fingerprint density at radius 1 is 1.30 bits per heavy atom. The molecule has 156 valence electrons. The number of aryl methyl sites for hydroxylation is 1. The molecule has 0 fully saturated rings. The van der Waals surface area contributed by atoms with E-state index < -0.39 is 0 Å². The lowest BCUT2D eigenvalue weighted by molar-refractivity contribution is -0.115. The molecule has 0 atom stereocenters. The molecule has 0 radical (unpaired) electrons. The Bertz CT molecular complexity index is 1080. The van der Waals surface area contributed by atoms with Crippen molar-refractivity contribution in [3.63, 3.8) is 0 Å². The first-order valence-corrected chi connectivity index (χ1v) is 10.6. The van der Waals surface area contributed by atoms with Crippen LogP contribution in [0.25, 0.3) is 11.3 Å². The standard InChI is InChI=1S/C23H25FN4OS/c1-5-15(2)6-11-21(23(29)25-12-19-14-30-17(4)27-19)22-13-26-28(16(22)3)20-9-7-18(24)8-10-20/h7-11,13-14H,2,5-6,12H2,1,3-4H3,(H,25,29). The molecular formula is C23H25FN4OS. The highest BCUT2D eigenvalue weighted by Crippen LogP contribution is 2.24. The topological polar surface area (TPSA) is 59.8 Å². The van der Waals surface area contributed by atoms with Crippen LogP contribution in [0.1, 0.15) is 41.7 Å². The van der Waals surface area contributed by atoms with Gasteiger partial charge in [0, 0.05) is 22.2 Å². The summed E-state index contributed by atoms with van der Waals surface area (Å²) in [5, 5.41) is 10.3. The number of hydrogen-bond acceptors (Lipinski definition) is 4. The third kappa shape index (κ3) is 5.10. The van der Waals surface area contributed by atoms with Crippen molar-refractivity contribution in [2.75, 3.05) is 0 Å². The van der Waals surface area contributed by atoms with Crippen molar-refractivity contribution >= 4 is 22.8 Å². The molecule has 3 rings (SSSR count). The molecule has 0 spiro atoms. The molecule has 1 N–H and O–H groups in total. The fraction of sp³-hybridized carbons (Fsp3) is 0.261. The van der Waals surface area contributed by atoms with Gasteiger partial charge in [-0.2, -0.15) is 5.10 Å². The second-order valence-electron chi connectivity index (χ2n) is 7.00. The van der Waals surface area contributed by atoms with Gasteiger partial charge in [0.15, 0.2) is 0 Å². The summed E-state index contributed by atoms with van der Waals surface area (Å²) in [5.74, 6) is -0.495. The average Bonchev–Trinajstić information content (AvgIpc) is 3.32. The first-order chi connectivity index (χ1) is 14.4. The largest absolute Gasteiger partial charge is 0.346 e. The number of thiazole rings is 1. The third-order valence-corrected chi connectivity index (χ3v) is 5.63. The molecule has 0 aliphatic rings. The van der Waals surface area contributed by atoms with Gasteiger partial charge < -0.3 is 5.32 Å². The summed E-state index contributed by atoms with van der Waals surface area (Å²) in [7, 11) is 0. The second kappa shape index (κ2) is 9.63. The van der Waals surface area contributed by atoms with Crippen LogP contribution in [0.15, 0.2) is 54.1 Å². The smallest absolute Gasteiger partial charge is 0.252 e. The third-order valence-electron chi connectivity index (χ3n) is 4.81. The van der Waals surface area contributed by atoms with E-state index in [1.54, 1.807) is 34.3 Å². The normalized spacial score (nSPS) is 11.5. The van der Waals surface area contributed by atoms with E-state index in [9.17, 15) is 9.18 Å². The zero-order valence-electron chi connectivity index (χ0n) is 17.4. The van der Waals surface area contributed by atoms with Gasteiger partial charge >= 0.3 is 0 Å². The van der Waals surface area contributed by atoms with Gasteiger partial charge in [-0.1, -0.05) is 25.2 Å². The maximum absolute atomic E-state index is 13.3. The van der Waals surface area contributed by atoms with Crippen molar-refractivity contribution in [1.82, 2.24) is 20.1 Å². The summed E-state index contributed by atoms with van der Waals surface area (Å²) in [4.78, 5) is 17.4. The Labute approximate surface area is 180 Å². The van der Waals surface area contributed by atoms with Gasteiger partial charge in [-0.3, -0.25) is 4.79 Å². The molecule has 2 aromatic heterocycles. The summed E-state index contributed by atoms with van der Waals surface area (Å²) in [5.41, 5.74) is 4.68. The lowest BCUT2D eigenvalue weighted by Gasteiger charge is -2.10. The van der Waals surface area contributed by atoms with Crippen molar-refractivity contribution in [2.45, 2.75) is 40.2 Å². The van der Waals surface area contributed by atoms with Gasteiger partial charge in [-0.25, -0.2) is 14.1 Å². The first kappa shape index (κ1) is 21.6. The predicted octanol–water partition coefficient (Wildman–Crippen LogP) is 5.14. The quantitative estimate of drug-likeness (QED) is 0.402. The Morgan fingerprint density at radius 2 is 2.03 bits per heavy atom. The Hall–Kier alpha value is -3.06. The van der Waals surface area contributed by atoms with E-state index in [-0.39, 0.29) is 11.7 Å². The maximum Gasteiger partial charge on any atom is 0.252 e. The molecule has 0 aliphatic carbocycles. The van der Waals surface area contributed by atoms with E-state index in [0.717, 1.165) is 39.6 Å². The molecular weight excluding hydrogens is 399 g/mol. The molecule has 0 aliphatic heterocycles. The van der Waals surface area contributed by atoms with Crippen molar-refractivity contribution in [2.24, 2.45) is 0 Å². The minimum absolute atomic E-state index is 0.189. The summed E-state index contributed by atoms with van der Waals surface area (Å²) in [6.45, 7) is 10.3. The van der Waals surface area contributed by atoms with Crippen molar-refractivity contribution in [1.29, 1.82) is 0 Å². The van der Waals surface area contributed by atoms with Gasteiger partial charge in [0.2, 0.25) is 0 Å². The summed E-state index contributed by atoms with van der Waals surface area (Å²) < 4.78 is 15.0. The highest BCUT2D eigenvalue weighted by Gasteiger charge is 2.18. The minimum Gasteiger partial charge on any atom is -0.346 e. The molecule has 30 heavy (non-hydrogen) atoms. The molecule has 0 saturated heterocycles. The van der Waals surface area contributed by atoms with E-state index in [4.69, 9.17) is 0 Å². The number of allylic oxidation sites excluding steroid dienone is 2. The first-order valence-electron chi connectivity index (χ1n) is 9.76. The van der Waals surface area contributed by atoms with E-state index in [2.05, 4.69) is 22.0 Å². The van der Waals surface area contributed by atoms with Crippen LogP contribution in [0.5, 0.6) is 0 Å². The number of nitrogens with zero attached hydrogens (tertiary/aromatic N) is 3. The lowest BCUT2D eigenvalue weighted by Crippen LogP contribution is -2.24. The number of hydrogen-bond donors (Lipinski definition) is 1. The van der Waals surface area contributed by atoms with E-state index in [1.165, 1.54) is 12.1 Å². The van der Waals surface area contributed by atoms with Gasteiger partial charge in [-0.05, 0) is 51.0 Å². The second-order valence-corrected chi connectivity index (χ2v) is 8.06. The predicted molar refractivity (Wildman–Crippen MR) is 119 cm³/mol. The molecule has 0 bridgehead atoms. The number of carbonyl (C=O) groups excluding carboxylic acids is 1. The zero-order valence-corrected chi connectivity index (χ0v) is 18.2. The Balaban J connectivity index is 1.89. The van der Waals surface area contributed by atoms with Crippen LogP contribution >= 0.6 is 11.3 Å². The van der Waals surface area contributed by atoms with Crippen LogP contribution < -0.4 is 5.32 Å². The molecule has 7 heteroatoms. The number of carbonyl (C=O) groups is 1. The number of aromatic nitrogens is 3. The fourth-order valence-electron chi connectivity index (χ4n) is 2.99. The van der Waals surface area contributed by atoms with E-state index in [0.29, 0.717) is 18.5 Å². The van der Waals surface area contributed by atoms with Gasteiger partial charge in [0.1, 0.15) is 5.82 Å². The van der Waals surface area contributed by atoms with Crippen LogP contribution in [0.4, 0.5) is 4.39 Å². The summed E-state index contributed by atoms with van der Waals surface area (Å²) >= 11 is 1.55. The molecule has 3 aromatic rings. The maximum atomic E-state index is 13.3. The summed E-state index contributed by atoms with van der Waals surface area (Å²) in [6, 6.07) is 6.10. The Kier molecular flexibility index (Phi) is 6.95. The number of rotatable bonds is 8. The van der Waals surface area contributed by atoms with Crippen molar-refractivity contribution in [3.8, 4) is 5.69 Å². The monoisotopic (exact) mass is 424 g/mol. The molecule has 1 aromatic carbocycles. The molecule has 0 unspecified atom stereocenters. The van der Waals surface area contributed by atoms with E-state index in [1.807, 2.05) is 32.2 Å². The van der Waals surface area contributed by atoms with Gasteiger partial charge in [0.25, 0.3) is 5.91 Å². The number of benzene rings is 1. The van der Waals surface area contributed by atoms with Crippen LogP contribution in [0, 0.1) is 19.7 Å². The van der Waals surface area contributed by atoms with Gasteiger partial charge in [0.05, 0.1) is 29.1 Å². The SMILES string of the molecule is C=C(CC)CC=C(C(=O)NCc1csc(C)n1)c1cnn(-c2ccc(F)cc2)c1C. The number of nitrogens with one attached hydrogen (secondary N) is 1. The molecule has 5 nitrogen and oxygen atoms in total. The molecule has 0 saturated carbocycles. The van der Waals surface area contributed by atoms with Crippen LogP contribution in [0.2, 0.25) is 0 Å². The molecule has 1 amide bonds. The number of halogens is 1. The minimum atomic E-state index is -0.306. The molecule has 2 heterocycles. The highest BCUT2D eigenvalue weighted by molar-refractivity contribution is 7.09. The van der Waals surface area contributed by atoms with E-state index >= 15 is 0 Å². The highest BCUT2D eigenvalue weighted by atomic mass is 32.1. The van der Waals surface area contributed by atoms with Crippen LogP contribution in [-0.2, 0) is 11.3 Å². The lowest BCUT2D eigenvalue weighted by atomic mass is 10.0. The fourth-order valence-corrected chi connectivity index (χ4v) is 3.60. The Morgan fingerprint density at radius 3 is 2.67 bits per heavy atom. The summed E-state index contributed by atoms with van der Waals surface area (Å²) in [6.07, 6.45) is 5.02. The van der Waals surface area contributed by atoms with Gasteiger partial charge in [-0.15, -0.1) is 11.3 Å². The van der Waals surface area contributed by atoms with Crippen LogP contribution in [0.3, 0.4) is 0 Å². The van der Waals surface area contributed by atoms with Crippen LogP contribution in [-0.4, -0.2) is 20.7 Å². The van der Waals surface area contributed by atoms with Crippen molar-refractivity contribution < 1.29 is 9.18 Å². The zero-order chi connectivity index (χ0) is 21.7. The van der Waals surface area contributed by atoms with Crippen molar-refractivity contribution in [3.05, 3.63) is 81.8 Å².